The maximum absolute atomic E-state index is 11.1. The van der Waals surface area contributed by atoms with Gasteiger partial charge in [-0.3, -0.25) is 4.79 Å². The predicted octanol–water partition coefficient (Wildman–Crippen LogP) is 1.15. The molecule has 16 heavy (non-hydrogen) atoms. The molecule has 0 spiro atoms. The van der Waals surface area contributed by atoms with Crippen LogP contribution >= 0.6 is 0 Å². The molecule has 0 fully saturated rings. The first-order valence-electron chi connectivity index (χ1n) is 4.63. The van der Waals surface area contributed by atoms with Crippen molar-refractivity contribution in [2.75, 3.05) is 7.11 Å². The zero-order valence-corrected chi connectivity index (χ0v) is 8.60. The van der Waals surface area contributed by atoms with Gasteiger partial charge >= 0.3 is 0 Å². The van der Waals surface area contributed by atoms with Crippen LogP contribution in [-0.2, 0) is 0 Å². The van der Waals surface area contributed by atoms with Crippen molar-refractivity contribution < 1.29 is 9.84 Å². The summed E-state index contributed by atoms with van der Waals surface area (Å²) in [5.41, 5.74) is 0.449. The van der Waals surface area contributed by atoms with Gasteiger partial charge in [-0.1, -0.05) is 0 Å². The van der Waals surface area contributed by atoms with Crippen molar-refractivity contribution in [1.82, 2.24) is 9.97 Å². The van der Waals surface area contributed by atoms with Gasteiger partial charge in [-0.25, -0.2) is 4.98 Å². The number of nitrogens with one attached hydrogen (secondary N) is 1. The van der Waals surface area contributed by atoms with E-state index in [0.29, 0.717) is 17.1 Å². The molecule has 0 aliphatic rings. The van der Waals surface area contributed by atoms with Crippen molar-refractivity contribution in [3.8, 4) is 22.9 Å². The fraction of sp³-hybridized carbons (Fsp3) is 0.0909. The Bertz CT molecular complexity index is 563. The molecule has 0 unspecified atom stereocenters. The van der Waals surface area contributed by atoms with Gasteiger partial charge in [-0.15, -0.1) is 0 Å². The quantitative estimate of drug-likeness (QED) is 0.792. The maximum Gasteiger partial charge on any atom is 0.251 e. The molecule has 0 aliphatic carbocycles. The lowest BCUT2D eigenvalue weighted by atomic mass is 10.2. The van der Waals surface area contributed by atoms with E-state index in [1.54, 1.807) is 12.1 Å². The van der Waals surface area contributed by atoms with Crippen LogP contribution in [0.2, 0.25) is 0 Å². The van der Waals surface area contributed by atoms with E-state index in [0.717, 1.165) is 0 Å². The SMILES string of the molecule is COc1cc(-c2nccc(=O)[nH]2)ccc1O. The number of nitrogens with zero attached hydrogens (tertiary/aromatic N) is 1. The first-order chi connectivity index (χ1) is 7.70. The van der Waals surface area contributed by atoms with Gasteiger partial charge in [0.05, 0.1) is 7.11 Å². The first kappa shape index (κ1) is 10.2. The lowest BCUT2D eigenvalue weighted by Crippen LogP contribution is -2.05. The number of H-pyrrole nitrogens is 1. The smallest absolute Gasteiger partial charge is 0.251 e. The van der Waals surface area contributed by atoms with Crippen molar-refractivity contribution in [3.05, 3.63) is 40.8 Å². The highest BCUT2D eigenvalue weighted by Crippen LogP contribution is 2.29. The third-order valence-electron chi connectivity index (χ3n) is 2.12. The van der Waals surface area contributed by atoms with E-state index in [1.807, 2.05) is 0 Å². The van der Waals surface area contributed by atoms with Crippen LogP contribution in [0.4, 0.5) is 0 Å². The Labute approximate surface area is 91.4 Å². The second-order valence-corrected chi connectivity index (χ2v) is 3.17. The summed E-state index contributed by atoms with van der Waals surface area (Å²) in [6.45, 7) is 0. The van der Waals surface area contributed by atoms with Crippen LogP contribution in [0.1, 0.15) is 0 Å². The molecule has 0 saturated carbocycles. The summed E-state index contributed by atoms with van der Waals surface area (Å²) < 4.78 is 4.97. The highest BCUT2D eigenvalue weighted by atomic mass is 16.5. The Kier molecular flexibility index (Phi) is 2.59. The molecular weight excluding hydrogens is 208 g/mol. The molecule has 0 bridgehead atoms. The number of phenols is 1. The minimum atomic E-state index is -0.225. The van der Waals surface area contributed by atoms with Crippen molar-refractivity contribution >= 4 is 0 Å². The Morgan fingerprint density at radius 2 is 2.19 bits per heavy atom. The van der Waals surface area contributed by atoms with Gasteiger partial charge in [0, 0.05) is 17.8 Å². The average Bonchev–Trinajstić information content (AvgIpc) is 2.29. The van der Waals surface area contributed by atoms with E-state index < -0.39 is 0 Å². The van der Waals surface area contributed by atoms with Crippen LogP contribution in [0.15, 0.2) is 35.3 Å². The van der Waals surface area contributed by atoms with E-state index in [1.165, 1.54) is 25.4 Å². The molecule has 0 aliphatic heterocycles. The Hall–Kier alpha value is -2.30. The topological polar surface area (TPSA) is 75.2 Å². The summed E-state index contributed by atoms with van der Waals surface area (Å²) in [6.07, 6.45) is 1.42. The number of benzene rings is 1. The van der Waals surface area contributed by atoms with E-state index >= 15 is 0 Å². The van der Waals surface area contributed by atoms with Crippen LogP contribution in [-0.4, -0.2) is 22.2 Å². The first-order valence-corrected chi connectivity index (χ1v) is 4.63. The molecule has 1 aromatic heterocycles. The molecule has 0 amide bonds. The van der Waals surface area contributed by atoms with Gasteiger partial charge in [0.25, 0.3) is 5.56 Å². The molecule has 82 valence electrons. The Morgan fingerprint density at radius 1 is 1.38 bits per heavy atom. The molecule has 2 N–H and O–H groups in total. The number of aromatic hydroxyl groups is 1. The van der Waals surface area contributed by atoms with E-state index in [2.05, 4.69) is 9.97 Å². The molecule has 5 nitrogen and oxygen atoms in total. The van der Waals surface area contributed by atoms with E-state index in [4.69, 9.17) is 4.74 Å². The molecule has 0 radical (unpaired) electrons. The largest absolute Gasteiger partial charge is 0.504 e. The number of rotatable bonds is 2. The van der Waals surface area contributed by atoms with Gasteiger partial charge in [0.2, 0.25) is 0 Å². The van der Waals surface area contributed by atoms with E-state index in [-0.39, 0.29) is 11.3 Å². The average molecular weight is 218 g/mol. The summed E-state index contributed by atoms with van der Waals surface area (Å²) in [5, 5.41) is 9.42. The van der Waals surface area contributed by atoms with Crippen molar-refractivity contribution in [2.45, 2.75) is 0 Å². The molecule has 5 heteroatoms. The number of hydrogen-bond acceptors (Lipinski definition) is 4. The number of phenolic OH excluding ortho intramolecular Hbond substituents is 1. The van der Waals surface area contributed by atoms with Crippen LogP contribution in [0, 0.1) is 0 Å². The van der Waals surface area contributed by atoms with Crippen molar-refractivity contribution in [3.63, 3.8) is 0 Å². The maximum atomic E-state index is 11.1. The standard InChI is InChI=1S/C11H10N2O3/c1-16-9-6-7(2-3-8(9)14)11-12-5-4-10(15)13-11/h2-6,14H,1H3,(H,12,13,15). The predicted molar refractivity (Wildman–Crippen MR) is 58.5 cm³/mol. The van der Waals surface area contributed by atoms with Crippen LogP contribution in [0.25, 0.3) is 11.4 Å². The summed E-state index contributed by atoms with van der Waals surface area (Å²) in [7, 11) is 1.46. The monoisotopic (exact) mass is 218 g/mol. The van der Waals surface area contributed by atoms with Crippen LogP contribution in [0.5, 0.6) is 11.5 Å². The number of methoxy groups -OCH3 is 1. The second-order valence-electron chi connectivity index (χ2n) is 3.17. The number of aromatic amines is 1. The summed E-state index contributed by atoms with van der Waals surface area (Å²) in [6, 6.07) is 6.08. The molecule has 1 heterocycles. The molecular formula is C11H10N2O3. The highest BCUT2D eigenvalue weighted by molar-refractivity contribution is 5.60. The molecule has 1 aromatic carbocycles. The molecule has 0 saturated heterocycles. The fourth-order valence-electron chi connectivity index (χ4n) is 1.34. The number of aromatic nitrogens is 2. The van der Waals surface area contributed by atoms with Crippen LogP contribution < -0.4 is 10.3 Å². The van der Waals surface area contributed by atoms with Gasteiger partial charge in [-0.2, -0.15) is 0 Å². The van der Waals surface area contributed by atoms with Crippen molar-refractivity contribution in [2.24, 2.45) is 0 Å². The minimum Gasteiger partial charge on any atom is -0.504 e. The molecule has 2 rings (SSSR count). The van der Waals surface area contributed by atoms with E-state index in [9.17, 15) is 9.90 Å². The third-order valence-corrected chi connectivity index (χ3v) is 2.12. The lowest BCUT2D eigenvalue weighted by molar-refractivity contribution is 0.373. The normalized spacial score (nSPS) is 10.1. The zero-order chi connectivity index (χ0) is 11.5. The summed E-state index contributed by atoms with van der Waals surface area (Å²) in [4.78, 5) is 17.7. The van der Waals surface area contributed by atoms with Crippen LogP contribution in [0.3, 0.4) is 0 Å². The lowest BCUT2D eigenvalue weighted by Gasteiger charge is -2.05. The highest BCUT2D eigenvalue weighted by Gasteiger charge is 2.05. The zero-order valence-electron chi connectivity index (χ0n) is 8.60. The van der Waals surface area contributed by atoms with Gasteiger partial charge < -0.3 is 14.8 Å². The van der Waals surface area contributed by atoms with Gasteiger partial charge in [0.15, 0.2) is 11.5 Å². The number of ether oxygens (including phenoxy) is 1. The molecule has 0 atom stereocenters. The fourth-order valence-corrected chi connectivity index (χ4v) is 1.34. The Balaban J connectivity index is 2.52. The summed E-state index contributed by atoms with van der Waals surface area (Å²) >= 11 is 0. The van der Waals surface area contributed by atoms with Gasteiger partial charge in [-0.05, 0) is 18.2 Å². The summed E-state index contributed by atoms with van der Waals surface area (Å²) in [5.74, 6) is 0.819. The number of hydrogen-bond donors (Lipinski definition) is 2. The second kappa shape index (κ2) is 4.06. The van der Waals surface area contributed by atoms with Gasteiger partial charge in [0.1, 0.15) is 5.82 Å². The Morgan fingerprint density at radius 3 is 2.88 bits per heavy atom. The minimum absolute atomic E-state index is 0.0459. The van der Waals surface area contributed by atoms with Crippen molar-refractivity contribution in [1.29, 1.82) is 0 Å². The third kappa shape index (κ3) is 1.88. The molecule has 2 aromatic rings.